The van der Waals surface area contributed by atoms with Crippen LogP contribution in [0.5, 0.6) is 0 Å². The van der Waals surface area contributed by atoms with Crippen LogP contribution in [-0.4, -0.2) is 77.5 Å². The van der Waals surface area contributed by atoms with Gasteiger partial charge in [0.15, 0.2) is 0 Å². The summed E-state index contributed by atoms with van der Waals surface area (Å²) in [6.45, 7) is 0. The molecule has 0 amide bonds. The molecule has 0 heterocycles. The summed E-state index contributed by atoms with van der Waals surface area (Å²) >= 11 is 0. The topological polar surface area (TPSA) is 0 Å². The minimum Gasteiger partial charge on any atom is 0 e. The van der Waals surface area contributed by atoms with Crippen LogP contribution in [0.3, 0.4) is 0 Å². The van der Waals surface area contributed by atoms with Crippen molar-refractivity contribution in [2.45, 2.75) is 0 Å². The second kappa shape index (κ2) is 69.0. The van der Waals surface area contributed by atoms with E-state index in [1.807, 2.05) is 0 Å². The molecule has 0 saturated heterocycles. The van der Waals surface area contributed by atoms with Crippen LogP contribution in [0, 0.1) is 0 Å². The van der Waals surface area contributed by atoms with E-state index < -0.39 is 0 Å². The summed E-state index contributed by atoms with van der Waals surface area (Å²) in [5, 5.41) is 0. The first-order valence-corrected chi connectivity index (χ1v) is 0. The third kappa shape index (κ3) is 56.9. The molecule has 0 spiro atoms. The van der Waals surface area contributed by atoms with E-state index in [-0.39, 0.29) is 234 Å². The van der Waals surface area contributed by atoms with Crippen molar-refractivity contribution >= 4 is 77.5 Å². The first-order chi connectivity index (χ1) is 0. The maximum atomic E-state index is 0. The van der Waals surface area contributed by atoms with Crippen LogP contribution in [0.1, 0.15) is 0 Å². The Morgan fingerprint density at radius 1 is 0.200 bits per heavy atom. The molecule has 10 heavy (non-hydrogen) atoms. The Labute approximate surface area is 228 Å². The molecule has 0 aliphatic heterocycles. The monoisotopic (exact) mass is 1720 g/mol. The van der Waals surface area contributed by atoms with Gasteiger partial charge in [-0.3, -0.25) is 0 Å². The van der Waals surface area contributed by atoms with E-state index in [4.69, 9.17) is 0 Å². The van der Waals surface area contributed by atoms with E-state index in [9.17, 15) is 0 Å². The first kappa shape index (κ1) is 82.6. The molecule has 0 bridgehead atoms. The molecule has 0 unspecified atom stereocenters. The van der Waals surface area contributed by atoms with Crippen LogP contribution in [0.2, 0.25) is 0 Å². The van der Waals surface area contributed by atoms with Crippen molar-refractivity contribution in [1.82, 2.24) is 0 Å². The van der Waals surface area contributed by atoms with Crippen LogP contribution in [-0.2, 0) is 157 Å². The van der Waals surface area contributed by atoms with Crippen molar-refractivity contribution in [1.29, 1.82) is 0 Å². The van der Waals surface area contributed by atoms with Gasteiger partial charge in [0, 0.05) is 234 Å². The van der Waals surface area contributed by atoms with Crippen molar-refractivity contribution in [3.05, 3.63) is 0 Å². The molecule has 10 heteroatoms. The number of hydrogen-bond acceptors (Lipinski definition) is 0. The molecule has 0 aliphatic rings. The second-order valence-electron chi connectivity index (χ2n) is 0. The van der Waals surface area contributed by atoms with Crippen molar-refractivity contribution in [3.8, 4) is 0 Å². The Bertz CT molecular complexity index is 8.81. The first-order valence-electron chi connectivity index (χ1n) is 0. The van der Waals surface area contributed by atoms with Gasteiger partial charge in [-0.1, -0.05) is 0 Å². The Morgan fingerprint density at radius 2 is 0.200 bits per heavy atom. The van der Waals surface area contributed by atoms with Crippen LogP contribution >= 0.6 is 0 Å². The van der Waals surface area contributed by atoms with E-state index in [1.165, 1.54) is 0 Å². The fourth-order valence-electron chi connectivity index (χ4n) is 0. The molecule has 0 nitrogen and oxygen atoms in total. The maximum Gasteiger partial charge on any atom is 0 e. The maximum absolute atomic E-state index is 0. The molecule has 0 aromatic rings. The van der Waals surface area contributed by atoms with E-state index in [1.54, 1.807) is 0 Å². The summed E-state index contributed by atoms with van der Waals surface area (Å²) in [6, 6.07) is 0. The predicted molar refractivity (Wildman–Crippen MR) is 17.3 cm³/mol. The summed E-state index contributed by atoms with van der Waals surface area (Å²) in [7, 11) is 0. The Hall–Kier alpha value is 7.79. The van der Waals surface area contributed by atoms with Crippen LogP contribution in [0.25, 0.3) is 0 Å². The van der Waals surface area contributed by atoms with Gasteiger partial charge in [0.1, 0.15) is 0 Å². The van der Waals surface area contributed by atoms with Gasteiger partial charge in [-0.05, 0) is 0 Å². The van der Waals surface area contributed by atoms with Gasteiger partial charge >= 0.3 is 0 Å². The molecule has 0 aromatic carbocycles. The average Bonchev–Trinajstić information content (AvgIpc) is 0. The fourth-order valence-corrected chi connectivity index (χ4v) is 0. The van der Waals surface area contributed by atoms with Crippen LogP contribution in [0.15, 0.2) is 0 Å². The zero-order valence-electron chi connectivity index (χ0n) is 3.84. The summed E-state index contributed by atoms with van der Waals surface area (Å²) in [5.41, 5.74) is 0. The van der Waals surface area contributed by atoms with Gasteiger partial charge < -0.3 is 0 Å². The third-order valence-corrected chi connectivity index (χ3v) is 0. The van der Waals surface area contributed by atoms with Gasteiger partial charge in [0.05, 0.1) is 0 Å². The summed E-state index contributed by atoms with van der Waals surface area (Å²) in [4.78, 5) is 0. The largest absolute Gasteiger partial charge is 0 e. The summed E-state index contributed by atoms with van der Waals surface area (Å²) in [6.07, 6.45) is 0. The quantitative estimate of drug-likeness (QED) is 0.269. The number of rotatable bonds is 0. The summed E-state index contributed by atoms with van der Waals surface area (Å²) < 4.78 is 0. The van der Waals surface area contributed by atoms with Gasteiger partial charge in [-0.2, -0.15) is 0 Å². The van der Waals surface area contributed by atoms with Gasteiger partial charge in [-0.25, -0.2) is 0 Å². The Balaban J connectivity index is 0. The Morgan fingerprint density at radius 3 is 0.200 bits per heavy atom. The van der Waals surface area contributed by atoms with Crippen molar-refractivity contribution < 1.29 is 157 Å². The molecule has 0 atom stereocenters. The molecule has 0 rings (SSSR count). The third-order valence-electron chi connectivity index (χ3n) is 0. The van der Waals surface area contributed by atoms with E-state index in [0.717, 1.165) is 0 Å². The smallest absolute Gasteiger partial charge is 0 e. The van der Waals surface area contributed by atoms with Crippen LogP contribution in [0.4, 0.5) is 0 Å². The SMILES string of the molecule is [Au].[Au].[Au].[Au].[Au].[Au].[Au].[In].[In].[In]. The van der Waals surface area contributed by atoms with Crippen molar-refractivity contribution in [3.63, 3.8) is 0 Å². The van der Waals surface area contributed by atoms with Gasteiger partial charge in [0.2, 0.25) is 0 Å². The molecule has 86 valence electrons. The molecular formula is Au7In3. The number of hydrogen-bond donors (Lipinski definition) is 0. The average molecular weight is 1720 g/mol. The minimum absolute atomic E-state index is 0. The zero-order chi connectivity index (χ0) is 0. The minimum atomic E-state index is 0. The van der Waals surface area contributed by atoms with Crippen molar-refractivity contribution in [2.75, 3.05) is 0 Å². The zero-order valence-corrected chi connectivity index (χ0v) is 28.9. The van der Waals surface area contributed by atoms with Gasteiger partial charge in [-0.15, -0.1) is 0 Å². The predicted octanol–water partition coefficient (Wildman–Crippen LogP) is -1.16. The molecular weight excluding hydrogens is 1720 g/mol. The van der Waals surface area contributed by atoms with E-state index >= 15 is 0 Å². The van der Waals surface area contributed by atoms with Crippen LogP contribution < -0.4 is 0 Å². The molecule has 16 radical (unpaired) electrons. The molecule has 0 saturated carbocycles. The fraction of sp³-hybridized carbons (Fsp3) is 0. The molecule has 0 aliphatic carbocycles. The van der Waals surface area contributed by atoms with Crippen molar-refractivity contribution in [2.24, 2.45) is 0 Å². The molecule has 0 N–H and O–H groups in total. The molecule has 0 aromatic heterocycles. The van der Waals surface area contributed by atoms with E-state index in [0.29, 0.717) is 0 Å². The standard InChI is InChI=1S/7Au.3In. The Kier molecular flexibility index (Phi) is 570. The van der Waals surface area contributed by atoms with Gasteiger partial charge in [0.25, 0.3) is 0 Å². The van der Waals surface area contributed by atoms with E-state index in [2.05, 4.69) is 0 Å². The molecule has 0 fully saturated rings. The second-order valence-corrected chi connectivity index (χ2v) is 0. The normalized spacial score (nSPS) is 0. The summed E-state index contributed by atoms with van der Waals surface area (Å²) in [5.74, 6) is 0.